The number of anilines is 1. The Morgan fingerprint density at radius 1 is 1.21 bits per heavy atom. The zero-order valence-corrected chi connectivity index (χ0v) is 12.6. The minimum absolute atomic E-state index is 0.0602. The van der Waals surface area contributed by atoms with Crippen LogP contribution >= 0.6 is 22.6 Å². The molecule has 2 aromatic rings. The van der Waals surface area contributed by atoms with Gasteiger partial charge in [0.15, 0.2) is 0 Å². The quantitative estimate of drug-likeness (QED) is 0.817. The Morgan fingerprint density at radius 3 is 2.53 bits per heavy atom. The van der Waals surface area contributed by atoms with Crippen molar-refractivity contribution in [1.82, 2.24) is 0 Å². The van der Waals surface area contributed by atoms with E-state index in [2.05, 4.69) is 27.9 Å². The van der Waals surface area contributed by atoms with Crippen molar-refractivity contribution in [2.24, 2.45) is 0 Å². The highest BCUT2D eigenvalue weighted by atomic mass is 127. The van der Waals surface area contributed by atoms with Crippen molar-refractivity contribution >= 4 is 34.2 Å². The van der Waals surface area contributed by atoms with Crippen LogP contribution in [0.3, 0.4) is 0 Å². The molecule has 0 fully saturated rings. The van der Waals surface area contributed by atoms with Gasteiger partial charge in [-0.05, 0) is 71.0 Å². The lowest BCUT2D eigenvalue weighted by molar-refractivity contribution is -0.115. The highest BCUT2D eigenvalue weighted by Gasteiger charge is 2.06. The molecule has 98 valence electrons. The van der Waals surface area contributed by atoms with Gasteiger partial charge in [-0.25, -0.2) is 0 Å². The second-order valence-electron chi connectivity index (χ2n) is 4.35. The third-order valence-corrected chi connectivity index (χ3v) is 3.43. The van der Waals surface area contributed by atoms with Gasteiger partial charge in [0.1, 0.15) is 5.75 Å². The molecule has 0 radical (unpaired) electrons. The summed E-state index contributed by atoms with van der Waals surface area (Å²) in [5, 5.41) is 12.1. The van der Waals surface area contributed by atoms with Crippen LogP contribution in [0.4, 0.5) is 5.69 Å². The van der Waals surface area contributed by atoms with Crippen LogP contribution in [0, 0.1) is 10.5 Å². The zero-order chi connectivity index (χ0) is 13.8. The number of rotatable bonds is 3. The number of carbonyl (C=O) groups excluding carboxylic acids is 1. The predicted octanol–water partition coefficient (Wildman–Crippen LogP) is 3.49. The summed E-state index contributed by atoms with van der Waals surface area (Å²) in [5.41, 5.74) is 2.76. The van der Waals surface area contributed by atoms with Crippen LogP contribution in [0.15, 0.2) is 42.5 Å². The summed E-state index contributed by atoms with van der Waals surface area (Å²) < 4.78 is 1.15. The van der Waals surface area contributed by atoms with E-state index < -0.39 is 0 Å². The molecule has 0 aliphatic heterocycles. The number of halogens is 1. The number of amides is 1. The Morgan fingerprint density at radius 2 is 1.89 bits per heavy atom. The maximum atomic E-state index is 11.9. The lowest BCUT2D eigenvalue weighted by atomic mass is 10.1. The summed E-state index contributed by atoms with van der Waals surface area (Å²) in [6.45, 7) is 1.97. The van der Waals surface area contributed by atoms with E-state index in [9.17, 15) is 9.90 Å². The van der Waals surface area contributed by atoms with Crippen molar-refractivity contribution in [2.45, 2.75) is 13.3 Å². The summed E-state index contributed by atoms with van der Waals surface area (Å²) in [6, 6.07) is 12.6. The van der Waals surface area contributed by atoms with Crippen molar-refractivity contribution < 1.29 is 9.90 Å². The lowest BCUT2D eigenvalue weighted by Gasteiger charge is -2.09. The maximum absolute atomic E-state index is 11.9. The minimum atomic E-state index is -0.0602. The fourth-order valence-corrected chi connectivity index (χ4v) is 2.41. The van der Waals surface area contributed by atoms with Crippen LogP contribution in [-0.2, 0) is 11.2 Å². The molecule has 0 spiro atoms. The first-order chi connectivity index (χ1) is 9.04. The van der Waals surface area contributed by atoms with Crippen molar-refractivity contribution in [3.05, 3.63) is 57.2 Å². The van der Waals surface area contributed by atoms with Gasteiger partial charge < -0.3 is 10.4 Å². The highest BCUT2D eigenvalue weighted by molar-refractivity contribution is 14.1. The molecule has 1 amide bonds. The Kier molecular flexibility index (Phi) is 4.42. The van der Waals surface area contributed by atoms with Gasteiger partial charge in [0, 0.05) is 9.26 Å². The highest BCUT2D eigenvalue weighted by Crippen LogP contribution is 2.18. The summed E-state index contributed by atoms with van der Waals surface area (Å²) in [5.74, 6) is 0.146. The molecule has 0 aromatic heterocycles. The van der Waals surface area contributed by atoms with Gasteiger partial charge in [0.05, 0.1) is 6.42 Å². The number of aryl methyl sites for hydroxylation is 1. The third-order valence-electron chi connectivity index (χ3n) is 2.76. The number of carbonyl (C=O) groups is 1. The van der Waals surface area contributed by atoms with Gasteiger partial charge in [-0.1, -0.05) is 12.1 Å². The standard InChI is InChI=1S/C15H14INO2/c1-10-8-12(16)4-7-14(10)17-15(19)9-11-2-5-13(18)6-3-11/h2-8,18H,9H2,1H3,(H,17,19). The molecule has 4 heteroatoms. The molecule has 2 rings (SSSR count). The summed E-state index contributed by atoms with van der Waals surface area (Å²) in [6.07, 6.45) is 0.297. The fourth-order valence-electron chi connectivity index (χ4n) is 1.76. The summed E-state index contributed by atoms with van der Waals surface area (Å²) in [7, 11) is 0. The van der Waals surface area contributed by atoms with E-state index in [0.29, 0.717) is 6.42 Å². The first-order valence-corrected chi connectivity index (χ1v) is 6.96. The molecular formula is C15H14INO2. The largest absolute Gasteiger partial charge is 0.508 e. The molecule has 0 saturated heterocycles. The number of nitrogens with one attached hydrogen (secondary N) is 1. The minimum Gasteiger partial charge on any atom is -0.508 e. The second kappa shape index (κ2) is 6.06. The van der Waals surface area contributed by atoms with Crippen LogP contribution < -0.4 is 5.32 Å². The SMILES string of the molecule is Cc1cc(I)ccc1NC(=O)Cc1ccc(O)cc1. The van der Waals surface area contributed by atoms with E-state index in [1.54, 1.807) is 24.3 Å². The van der Waals surface area contributed by atoms with Crippen molar-refractivity contribution in [2.75, 3.05) is 5.32 Å². The molecule has 19 heavy (non-hydrogen) atoms. The van der Waals surface area contributed by atoms with Crippen molar-refractivity contribution in [1.29, 1.82) is 0 Å². The number of benzene rings is 2. The van der Waals surface area contributed by atoms with E-state index in [0.717, 1.165) is 20.4 Å². The summed E-state index contributed by atoms with van der Waals surface area (Å²) >= 11 is 2.24. The van der Waals surface area contributed by atoms with E-state index in [-0.39, 0.29) is 11.7 Å². The van der Waals surface area contributed by atoms with Gasteiger partial charge in [0.2, 0.25) is 5.91 Å². The maximum Gasteiger partial charge on any atom is 0.228 e. The Hall–Kier alpha value is -1.56. The predicted molar refractivity (Wildman–Crippen MR) is 84.3 cm³/mol. The fraction of sp³-hybridized carbons (Fsp3) is 0.133. The number of hydrogen-bond acceptors (Lipinski definition) is 2. The van der Waals surface area contributed by atoms with Crippen LogP contribution in [0.5, 0.6) is 5.75 Å². The molecule has 0 atom stereocenters. The van der Waals surface area contributed by atoms with Gasteiger partial charge in [-0.3, -0.25) is 4.79 Å². The van der Waals surface area contributed by atoms with Gasteiger partial charge in [-0.15, -0.1) is 0 Å². The molecule has 0 bridgehead atoms. The molecule has 0 saturated carbocycles. The van der Waals surface area contributed by atoms with Crippen LogP contribution in [0.2, 0.25) is 0 Å². The number of phenols is 1. The molecule has 3 nitrogen and oxygen atoms in total. The third kappa shape index (κ3) is 3.96. The lowest BCUT2D eigenvalue weighted by Crippen LogP contribution is -2.15. The molecule has 0 unspecified atom stereocenters. The molecular weight excluding hydrogens is 353 g/mol. The topological polar surface area (TPSA) is 49.3 Å². The molecule has 0 aliphatic carbocycles. The molecule has 0 heterocycles. The van der Waals surface area contributed by atoms with E-state index in [1.165, 1.54) is 0 Å². The van der Waals surface area contributed by atoms with Crippen LogP contribution in [0.1, 0.15) is 11.1 Å². The smallest absolute Gasteiger partial charge is 0.228 e. The average Bonchev–Trinajstić information content (AvgIpc) is 2.36. The molecule has 2 aromatic carbocycles. The monoisotopic (exact) mass is 367 g/mol. The van der Waals surface area contributed by atoms with Crippen LogP contribution in [0.25, 0.3) is 0 Å². The first kappa shape index (κ1) is 13.9. The average molecular weight is 367 g/mol. The van der Waals surface area contributed by atoms with Gasteiger partial charge in [-0.2, -0.15) is 0 Å². The van der Waals surface area contributed by atoms with Gasteiger partial charge in [0.25, 0.3) is 0 Å². The van der Waals surface area contributed by atoms with Crippen molar-refractivity contribution in [3.63, 3.8) is 0 Å². The van der Waals surface area contributed by atoms with Crippen LogP contribution in [-0.4, -0.2) is 11.0 Å². The Labute approximate surface area is 125 Å². The van der Waals surface area contributed by atoms with Gasteiger partial charge >= 0.3 is 0 Å². The normalized spacial score (nSPS) is 10.2. The molecule has 0 aliphatic rings. The number of aromatic hydroxyl groups is 1. The second-order valence-corrected chi connectivity index (χ2v) is 5.60. The number of hydrogen-bond donors (Lipinski definition) is 2. The number of phenolic OH excluding ortho intramolecular Hbond substituents is 1. The van der Waals surface area contributed by atoms with E-state index >= 15 is 0 Å². The van der Waals surface area contributed by atoms with E-state index in [1.807, 2.05) is 25.1 Å². The first-order valence-electron chi connectivity index (χ1n) is 5.88. The zero-order valence-electron chi connectivity index (χ0n) is 10.5. The Bertz CT molecular complexity index is 594. The van der Waals surface area contributed by atoms with Crippen molar-refractivity contribution in [3.8, 4) is 5.75 Å². The van der Waals surface area contributed by atoms with E-state index in [4.69, 9.17) is 0 Å². The molecule has 2 N–H and O–H groups in total. The Balaban J connectivity index is 2.03. The summed E-state index contributed by atoms with van der Waals surface area (Å²) in [4.78, 5) is 11.9.